The number of nitrogens with two attached hydrogens (primary N) is 1. The Morgan fingerprint density at radius 3 is 2.88 bits per heavy atom. The summed E-state index contributed by atoms with van der Waals surface area (Å²) in [7, 11) is 1.67. The molecular formula is C11H13N3OS. The van der Waals surface area contributed by atoms with Gasteiger partial charge in [0, 0.05) is 6.42 Å². The van der Waals surface area contributed by atoms with Crippen LogP contribution in [0.1, 0.15) is 10.6 Å². The van der Waals surface area contributed by atoms with Crippen LogP contribution >= 0.6 is 11.3 Å². The summed E-state index contributed by atoms with van der Waals surface area (Å²) in [5, 5.41) is 9.27. The van der Waals surface area contributed by atoms with Crippen LogP contribution < -0.4 is 10.5 Å². The molecule has 84 valence electrons. The molecule has 0 saturated heterocycles. The van der Waals surface area contributed by atoms with Gasteiger partial charge in [-0.1, -0.05) is 23.5 Å². The number of hydrogen-bond acceptors (Lipinski definition) is 5. The number of anilines is 1. The third-order valence-corrected chi connectivity index (χ3v) is 3.06. The molecule has 0 saturated carbocycles. The van der Waals surface area contributed by atoms with E-state index in [9.17, 15) is 0 Å². The molecule has 4 nitrogen and oxygen atoms in total. The zero-order chi connectivity index (χ0) is 11.4. The van der Waals surface area contributed by atoms with Crippen LogP contribution in [0.3, 0.4) is 0 Å². The van der Waals surface area contributed by atoms with Crippen molar-refractivity contribution in [3.8, 4) is 5.75 Å². The Labute approximate surface area is 98.1 Å². The summed E-state index contributed by atoms with van der Waals surface area (Å²) in [5.74, 6) is 0.884. The van der Waals surface area contributed by atoms with Crippen molar-refractivity contribution >= 4 is 16.5 Å². The minimum absolute atomic E-state index is 0.528. The van der Waals surface area contributed by atoms with Gasteiger partial charge in [0.15, 0.2) is 0 Å². The van der Waals surface area contributed by atoms with Gasteiger partial charge in [-0.15, -0.1) is 10.2 Å². The highest BCUT2D eigenvalue weighted by Gasteiger charge is 2.02. The van der Waals surface area contributed by atoms with E-state index < -0.39 is 0 Å². The quantitative estimate of drug-likeness (QED) is 0.879. The van der Waals surface area contributed by atoms with Gasteiger partial charge in [-0.3, -0.25) is 0 Å². The third-order valence-electron chi connectivity index (χ3n) is 2.24. The summed E-state index contributed by atoms with van der Waals surface area (Å²) in [6.45, 7) is 0. The topological polar surface area (TPSA) is 61.0 Å². The zero-order valence-corrected chi connectivity index (χ0v) is 9.83. The highest BCUT2D eigenvalue weighted by molar-refractivity contribution is 7.15. The van der Waals surface area contributed by atoms with Crippen LogP contribution in [-0.2, 0) is 12.8 Å². The fourth-order valence-corrected chi connectivity index (χ4v) is 2.06. The lowest BCUT2D eigenvalue weighted by Gasteiger charge is -2.02. The second-order valence-electron chi connectivity index (χ2n) is 3.39. The van der Waals surface area contributed by atoms with E-state index in [1.54, 1.807) is 7.11 Å². The Kier molecular flexibility index (Phi) is 3.36. The number of rotatable bonds is 4. The van der Waals surface area contributed by atoms with Crippen molar-refractivity contribution in [2.45, 2.75) is 12.8 Å². The third kappa shape index (κ3) is 2.70. The number of aromatic nitrogens is 2. The van der Waals surface area contributed by atoms with E-state index in [2.05, 4.69) is 16.3 Å². The standard InChI is InChI=1S/C11H13N3OS/c1-15-9-4-2-3-8(7-9)5-6-10-13-14-11(12)16-10/h2-4,7H,5-6H2,1H3,(H2,12,14). The molecule has 1 aromatic heterocycles. The predicted molar refractivity (Wildman–Crippen MR) is 64.7 cm³/mol. The summed E-state index contributed by atoms with van der Waals surface area (Å²) < 4.78 is 5.17. The number of nitrogen functional groups attached to an aromatic ring is 1. The van der Waals surface area contributed by atoms with Crippen molar-refractivity contribution in [3.63, 3.8) is 0 Å². The summed E-state index contributed by atoms with van der Waals surface area (Å²) in [4.78, 5) is 0. The van der Waals surface area contributed by atoms with Gasteiger partial charge >= 0.3 is 0 Å². The van der Waals surface area contributed by atoms with Crippen LogP contribution in [0.2, 0.25) is 0 Å². The number of hydrogen-bond donors (Lipinski definition) is 1. The number of benzene rings is 1. The molecule has 16 heavy (non-hydrogen) atoms. The molecule has 2 rings (SSSR count). The largest absolute Gasteiger partial charge is 0.497 e. The van der Waals surface area contributed by atoms with Crippen LogP contribution in [0.4, 0.5) is 5.13 Å². The second-order valence-corrected chi connectivity index (χ2v) is 4.48. The molecule has 0 aliphatic heterocycles. The Morgan fingerprint density at radius 1 is 1.31 bits per heavy atom. The Morgan fingerprint density at radius 2 is 2.19 bits per heavy atom. The molecular weight excluding hydrogens is 222 g/mol. The van der Waals surface area contributed by atoms with Crippen LogP contribution in [0.25, 0.3) is 0 Å². The highest BCUT2D eigenvalue weighted by Crippen LogP contribution is 2.17. The Balaban J connectivity index is 1.99. The lowest BCUT2D eigenvalue weighted by atomic mass is 10.1. The van der Waals surface area contributed by atoms with E-state index in [1.165, 1.54) is 16.9 Å². The zero-order valence-electron chi connectivity index (χ0n) is 9.01. The molecule has 1 heterocycles. The molecule has 0 amide bonds. The van der Waals surface area contributed by atoms with Gasteiger partial charge in [-0.2, -0.15) is 0 Å². The van der Waals surface area contributed by atoms with Gasteiger partial charge in [0.2, 0.25) is 5.13 Å². The number of nitrogens with zero attached hydrogens (tertiary/aromatic N) is 2. The number of aryl methyl sites for hydroxylation is 2. The summed E-state index contributed by atoms with van der Waals surface area (Å²) in [5.41, 5.74) is 6.75. The molecule has 0 radical (unpaired) electrons. The maximum Gasteiger partial charge on any atom is 0.203 e. The lowest BCUT2D eigenvalue weighted by molar-refractivity contribution is 0.414. The van der Waals surface area contributed by atoms with Crippen LogP contribution in [0.15, 0.2) is 24.3 Å². The molecule has 5 heteroatoms. The van der Waals surface area contributed by atoms with E-state index >= 15 is 0 Å². The fourth-order valence-electron chi connectivity index (χ4n) is 1.45. The van der Waals surface area contributed by atoms with Crippen molar-refractivity contribution in [2.24, 2.45) is 0 Å². The van der Waals surface area contributed by atoms with E-state index in [1.807, 2.05) is 18.2 Å². The molecule has 0 spiro atoms. The minimum atomic E-state index is 0.528. The van der Waals surface area contributed by atoms with Crippen LogP contribution in [0, 0.1) is 0 Å². The SMILES string of the molecule is COc1cccc(CCc2nnc(N)s2)c1. The molecule has 0 fully saturated rings. The van der Waals surface area contributed by atoms with Crippen molar-refractivity contribution in [1.29, 1.82) is 0 Å². The maximum atomic E-state index is 5.52. The number of methoxy groups -OCH3 is 1. The second kappa shape index (κ2) is 4.94. The van der Waals surface area contributed by atoms with Gasteiger partial charge in [-0.25, -0.2) is 0 Å². The first kappa shape index (κ1) is 10.9. The predicted octanol–water partition coefficient (Wildman–Crippen LogP) is 1.91. The van der Waals surface area contributed by atoms with Crippen molar-refractivity contribution in [2.75, 3.05) is 12.8 Å². The van der Waals surface area contributed by atoms with Gasteiger partial charge in [0.05, 0.1) is 7.11 Å². The molecule has 1 aromatic carbocycles. The molecule has 2 N–H and O–H groups in total. The minimum Gasteiger partial charge on any atom is -0.497 e. The smallest absolute Gasteiger partial charge is 0.203 e. The van der Waals surface area contributed by atoms with Gasteiger partial charge in [-0.05, 0) is 24.1 Å². The Bertz CT molecular complexity index is 470. The van der Waals surface area contributed by atoms with Gasteiger partial charge < -0.3 is 10.5 Å². The van der Waals surface area contributed by atoms with E-state index in [0.717, 1.165) is 23.6 Å². The van der Waals surface area contributed by atoms with E-state index in [4.69, 9.17) is 10.5 Å². The van der Waals surface area contributed by atoms with Gasteiger partial charge in [0.1, 0.15) is 10.8 Å². The number of ether oxygens (including phenoxy) is 1. The van der Waals surface area contributed by atoms with Crippen LogP contribution in [-0.4, -0.2) is 17.3 Å². The highest BCUT2D eigenvalue weighted by atomic mass is 32.1. The first-order chi connectivity index (χ1) is 7.78. The summed E-state index contributed by atoms with van der Waals surface area (Å²) in [6.07, 6.45) is 1.79. The molecule has 0 aliphatic rings. The van der Waals surface area contributed by atoms with E-state index in [-0.39, 0.29) is 0 Å². The normalized spacial score (nSPS) is 10.3. The molecule has 0 bridgehead atoms. The van der Waals surface area contributed by atoms with Crippen LogP contribution in [0.5, 0.6) is 5.75 Å². The van der Waals surface area contributed by atoms with Crippen molar-refractivity contribution in [3.05, 3.63) is 34.8 Å². The summed E-state index contributed by atoms with van der Waals surface area (Å²) >= 11 is 1.44. The monoisotopic (exact) mass is 235 g/mol. The first-order valence-corrected chi connectivity index (χ1v) is 5.80. The fraction of sp³-hybridized carbons (Fsp3) is 0.273. The van der Waals surface area contributed by atoms with Gasteiger partial charge in [0.25, 0.3) is 0 Å². The molecule has 0 atom stereocenters. The summed E-state index contributed by atoms with van der Waals surface area (Å²) in [6, 6.07) is 8.03. The molecule has 0 aliphatic carbocycles. The Hall–Kier alpha value is -1.62. The lowest BCUT2D eigenvalue weighted by Crippen LogP contribution is -1.92. The van der Waals surface area contributed by atoms with Crippen molar-refractivity contribution in [1.82, 2.24) is 10.2 Å². The molecule has 2 aromatic rings. The average Bonchev–Trinajstić information content (AvgIpc) is 2.73. The average molecular weight is 235 g/mol. The van der Waals surface area contributed by atoms with E-state index in [0.29, 0.717) is 5.13 Å². The maximum absolute atomic E-state index is 5.52. The first-order valence-electron chi connectivity index (χ1n) is 4.98. The molecule has 0 unspecified atom stereocenters. The van der Waals surface area contributed by atoms with Crippen molar-refractivity contribution < 1.29 is 4.74 Å².